The Morgan fingerprint density at radius 2 is 2.16 bits per heavy atom. The maximum absolute atomic E-state index is 12.9. The van der Waals surface area contributed by atoms with Crippen LogP contribution in [0.1, 0.15) is 32.2 Å². The van der Waals surface area contributed by atoms with Crippen LogP contribution in [0.4, 0.5) is 9.59 Å². The second-order valence-electron chi connectivity index (χ2n) is 8.37. The second kappa shape index (κ2) is 10.1. The average Bonchev–Trinajstić information content (AvgIpc) is 3.32. The molecule has 0 radical (unpaired) electrons. The van der Waals surface area contributed by atoms with Gasteiger partial charge in [0.05, 0.1) is 18.7 Å². The zero-order chi connectivity index (χ0) is 23.3. The van der Waals surface area contributed by atoms with Crippen molar-refractivity contribution in [1.82, 2.24) is 25.6 Å². The van der Waals surface area contributed by atoms with E-state index in [1.807, 2.05) is 11.5 Å². The first-order chi connectivity index (χ1) is 15.2. The van der Waals surface area contributed by atoms with E-state index in [2.05, 4.69) is 22.2 Å². The smallest absolute Gasteiger partial charge is 0.407 e. The van der Waals surface area contributed by atoms with Crippen LogP contribution in [-0.2, 0) is 14.4 Å². The monoisotopic (exact) mass is 463 g/mol. The zero-order valence-corrected chi connectivity index (χ0v) is 19.3. The molecule has 3 heterocycles. The van der Waals surface area contributed by atoms with Crippen LogP contribution in [0.2, 0.25) is 0 Å². The predicted octanol–water partition coefficient (Wildman–Crippen LogP) is 2.16. The van der Waals surface area contributed by atoms with E-state index in [9.17, 15) is 14.4 Å². The Kier molecular flexibility index (Phi) is 7.52. The highest BCUT2D eigenvalue weighted by Gasteiger charge is 2.46. The van der Waals surface area contributed by atoms with E-state index in [1.54, 1.807) is 37.9 Å². The van der Waals surface area contributed by atoms with E-state index in [0.717, 1.165) is 10.6 Å². The van der Waals surface area contributed by atoms with Crippen LogP contribution in [0.3, 0.4) is 0 Å². The van der Waals surface area contributed by atoms with Gasteiger partial charge >= 0.3 is 12.1 Å². The number of thiazole rings is 1. The Morgan fingerprint density at radius 3 is 2.81 bits per heavy atom. The van der Waals surface area contributed by atoms with Gasteiger partial charge < -0.3 is 20.3 Å². The molecule has 3 rings (SSSR count). The summed E-state index contributed by atoms with van der Waals surface area (Å²) in [4.78, 5) is 48.6. The van der Waals surface area contributed by atoms with Crippen LogP contribution in [0.15, 0.2) is 30.3 Å². The summed E-state index contributed by atoms with van der Waals surface area (Å²) >= 11 is 1.47. The van der Waals surface area contributed by atoms with Gasteiger partial charge in [-0.25, -0.2) is 14.6 Å². The summed E-state index contributed by atoms with van der Waals surface area (Å²) < 4.78 is 5.15. The Balaban J connectivity index is 1.59. The molecule has 10 nitrogen and oxygen atoms in total. The van der Waals surface area contributed by atoms with Crippen molar-refractivity contribution in [3.8, 4) is 0 Å². The number of fused-ring (bicyclic) bond motifs is 2. The van der Waals surface area contributed by atoms with E-state index < -0.39 is 11.7 Å². The van der Waals surface area contributed by atoms with Crippen molar-refractivity contribution < 1.29 is 24.0 Å². The number of nitrogens with zero attached hydrogens (tertiary/aromatic N) is 3. The van der Waals surface area contributed by atoms with Crippen LogP contribution < -0.4 is 10.6 Å². The molecule has 32 heavy (non-hydrogen) atoms. The van der Waals surface area contributed by atoms with E-state index in [4.69, 9.17) is 9.57 Å². The number of hydrogen-bond acceptors (Lipinski definition) is 7. The maximum atomic E-state index is 12.9. The average molecular weight is 464 g/mol. The number of ether oxygens (including phenoxy) is 1. The lowest BCUT2D eigenvalue weighted by Gasteiger charge is -2.31. The van der Waals surface area contributed by atoms with Gasteiger partial charge in [0.1, 0.15) is 10.6 Å². The van der Waals surface area contributed by atoms with Gasteiger partial charge in [-0.05, 0) is 26.8 Å². The first kappa shape index (κ1) is 23.7. The Hall–Kier alpha value is -2.92. The SMILES string of the molecule is C=CCON1C(=O)N2C[C@H]1C=C(c1nccs1)[C@H]2CNC(=O)CCNC(=O)OC(C)(C)C. The molecule has 2 N–H and O–H groups in total. The molecule has 0 aliphatic carbocycles. The van der Waals surface area contributed by atoms with Crippen molar-refractivity contribution in [2.45, 2.75) is 44.9 Å². The number of hydroxylamine groups is 2. The lowest BCUT2D eigenvalue weighted by atomic mass is 9.99. The minimum atomic E-state index is -0.602. The molecule has 11 heteroatoms. The minimum Gasteiger partial charge on any atom is -0.444 e. The number of amides is 4. The molecule has 2 aliphatic rings. The summed E-state index contributed by atoms with van der Waals surface area (Å²) in [5.74, 6) is -0.243. The fraction of sp³-hybridized carbons (Fsp3) is 0.524. The number of carbonyl (C=O) groups is 3. The third-order valence-corrected chi connectivity index (χ3v) is 5.57. The molecule has 4 amide bonds. The summed E-state index contributed by atoms with van der Waals surface area (Å²) in [6.45, 7) is 9.99. The van der Waals surface area contributed by atoms with Crippen molar-refractivity contribution in [2.75, 3.05) is 26.2 Å². The molecule has 1 fully saturated rings. The summed E-state index contributed by atoms with van der Waals surface area (Å²) in [6.07, 6.45) is 4.79. The van der Waals surface area contributed by atoms with Crippen LogP contribution in [0.5, 0.6) is 0 Å². The fourth-order valence-corrected chi connectivity index (χ4v) is 4.18. The van der Waals surface area contributed by atoms with Crippen molar-refractivity contribution in [3.63, 3.8) is 0 Å². The number of alkyl carbamates (subject to hydrolysis) is 1. The topological polar surface area (TPSA) is 113 Å². The Morgan fingerprint density at radius 1 is 1.38 bits per heavy atom. The lowest BCUT2D eigenvalue weighted by molar-refractivity contribution is -0.121. The molecule has 2 bridgehead atoms. The van der Waals surface area contributed by atoms with E-state index in [-0.39, 0.29) is 50.1 Å². The molecule has 0 unspecified atom stereocenters. The number of hydrogen-bond donors (Lipinski definition) is 2. The van der Waals surface area contributed by atoms with Crippen LogP contribution in [0.25, 0.3) is 5.57 Å². The highest BCUT2D eigenvalue weighted by atomic mass is 32.1. The van der Waals surface area contributed by atoms with Crippen molar-refractivity contribution >= 4 is 34.9 Å². The molecule has 1 aromatic rings. The molecule has 2 atom stereocenters. The zero-order valence-electron chi connectivity index (χ0n) is 18.5. The van der Waals surface area contributed by atoms with E-state index in [0.29, 0.717) is 6.54 Å². The Labute approximate surface area is 191 Å². The second-order valence-corrected chi connectivity index (χ2v) is 9.26. The standard InChI is InChI=1S/C21H29N5O5S/c1-5-9-30-26-14-11-15(18-22-8-10-32-18)16(25(13-14)20(26)29)12-24-17(27)6-7-23-19(28)31-21(2,3)4/h5,8,10-11,14,16H,1,6-7,9,12-13H2,2-4H3,(H,23,28)(H,24,27)/t14-,16-/m1/s1. The molecule has 174 valence electrons. The number of nitrogens with one attached hydrogen (secondary N) is 2. The van der Waals surface area contributed by atoms with Gasteiger partial charge in [-0.1, -0.05) is 6.08 Å². The van der Waals surface area contributed by atoms with Crippen molar-refractivity contribution in [2.24, 2.45) is 0 Å². The third kappa shape index (κ3) is 5.86. The fourth-order valence-electron chi connectivity index (χ4n) is 3.46. The number of carbonyl (C=O) groups excluding carboxylic acids is 3. The molecule has 2 aliphatic heterocycles. The normalized spacial score (nSPS) is 20.1. The van der Waals surface area contributed by atoms with E-state index in [1.165, 1.54) is 16.4 Å². The van der Waals surface area contributed by atoms with Crippen molar-refractivity contribution in [3.05, 3.63) is 35.3 Å². The first-order valence-electron chi connectivity index (χ1n) is 10.4. The summed E-state index contributed by atoms with van der Waals surface area (Å²) in [6, 6.07) is -0.859. The van der Waals surface area contributed by atoms with Crippen LogP contribution in [0, 0.1) is 0 Å². The van der Waals surface area contributed by atoms with Gasteiger partial charge in [-0.3, -0.25) is 9.63 Å². The molecule has 1 aromatic heterocycles. The highest BCUT2D eigenvalue weighted by Crippen LogP contribution is 2.35. The number of rotatable bonds is 9. The van der Waals surface area contributed by atoms with Gasteiger partial charge in [0.2, 0.25) is 5.91 Å². The Bertz CT molecular complexity index is 880. The van der Waals surface area contributed by atoms with Gasteiger partial charge in [0, 0.05) is 43.2 Å². The predicted molar refractivity (Wildman–Crippen MR) is 120 cm³/mol. The van der Waals surface area contributed by atoms with Crippen molar-refractivity contribution in [1.29, 1.82) is 0 Å². The summed E-state index contributed by atoms with van der Waals surface area (Å²) in [5, 5.41) is 9.44. The molecule has 1 saturated heterocycles. The molecule has 0 aromatic carbocycles. The third-order valence-electron chi connectivity index (χ3n) is 4.75. The van der Waals surface area contributed by atoms with Gasteiger partial charge in [0.25, 0.3) is 0 Å². The quantitative estimate of drug-likeness (QED) is 0.543. The lowest BCUT2D eigenvalue weighted by Crippen LogP contribution is -2.47. The van der Waals surface area contributed by atoms with Gasteiger partial charge in [0.15, 0.2) is 0 Å². The maximum Gasteiger partial charge on any atom is 0.407 e. The van der Waals surface area contributed by atoms with Crippen LogP contribution in [-0.4, -0.2) is 76.9 Å². The largest absolute Gasteiger partial charge is 0.444 e. The van der Waals surface area contributed by atoms with Gasteiger partial charge in [-0.15, -0.1) is 17.9 Å². The molecule has 0 saturated carbocycles. The first-order valence-corrected chi connectivity index (χ1v) is 11.3. The van der Waals surface area contributed by atoms with Gasteiger partial charge in [-0.2, -0.15) is 5.06 Å². The number of aromatic nitrogens is 1. The minimum absolute atomic E-state index is 0.0907. The molecular weight excluding hydrogens is 434 g/mol. The molecular formula is C21H29N5O5S. The van der Waals surface area contributed by atoms with Crippen LogP contribution >= 0.6 is 11.3 Å². The summed E-state index contributed by atoms with van der Waals surface area (Å²) in [7, 11) is 0. The summed E-state index contributed by atoms with van der Waals surface area (Å²) in [5.41, 5.74) is 0.274. The highest BCUT2D eigenvalue weighted by molar-refractivity contribution is 7.10. The van der Waals surface area contributed by atoms with E-state index >= 15 is 0 Å². The number of urea groups is 1. The molecule has 0 spiro atoms.